The van der Waals surface area contributed by atoms with Gasteiger partial charge in [0.2, 0.25) is 5.91 Å². The van der Waals surface area contributed by atoms with Gasteiger partial charge in [-0.3, -0.25) is 13.8 Å². The lowest BCUT2D eigenvalue weighted by atomic mass is 10.0. The maximum atomic E-state index is 12.8. The number of carbonyl (C=O) groups excluding carboxylic acids is 1. The van der Waals surface area contributed by atoms with Crippen molar-refractivity contribution in [1.82, 2.24) is 5.32 Å². The van der Waals surface area contributed by atoms with Gasteiger partial charge in [0.05, 0.1) is 39.9 Å². The number of aliphatic hydroxyl groups excluding tert-OH is 1. The first-order valence-electron chi connectivity index (χ1n) is 22.6. The fourth-order valence-corrected chi connectivity index (χ4v) is 7.37. The van der Waals surface area contributed by atoms with E-state index in [0.29, 0.717) is 17.4 Å². The van der Waals surface area contributed by atoms with Crippen molar-refractivity contribution in [3.8, 4) is 0 Å². The second-order valence-electron chi connectivity index (χ2n) is 16.8. The summed E-state index contributed by atoms with van der Waals surface area (Å²) < 4.78 is 23.4. The average molecular weight is 774 g/mol. The third-order valence-corrected chi connectivity index (χ3v) is 11.2. The Morgan fingerprint density at radius 2 is 1.00 bits per heavy atom. The van der Waals surface area contributed by atoms with Crippen molar-refractivity contribution in [3.63, 3.8) is 0 Å². The number of quaternary nitrogens is 1. The number of amides is 1. The molecule has 0 saturated carbocycles. The molecule has 3 unspecified atom stereocenters. The number of hydrogen-bond acceptors (Lipinski definition) is 5. The lowest BCUT2D eigenvalue weighted by Crippen LogP contribution is -2.45. The fraction of sp³-hybridized carbons (Fsp3) is 0.932. The van der Waals surface area contributed by atoms with Gasteiger partial charge in [-0.15, -0.1) is 0 Å². The Kier molecular flexibility index (Phi) is 36.3. The van der Waals surface area contributed by atoms with Crippen LogP contribution in [0.15, 0.2) is 12.2 Å². The number of nitrogens with one attached hydrogen (secondary N) is 1. The predicted molar refractivity (Wildman–Crippen MR) is 226 cm³/mol. The van der Waals surface area contributed by atoms with Gasteiger partial charge in [-0.2, -0.15) is 0 Å². The van der Waals surface area contributed by atoms with Gasteiger partial charge in [0.1, 0.15) is 13.2 Å². The molecule has 3 N–H and O–H groups in total. The van der Waals surface area contributed by atoms with Crippen LogP contribution in [0.4, 0.5) is 0 Å². The van der Waals surface area contributed by atoms with E-state index in [4.69, 9.17) is 9.05 Å². The Hall–Kier alpha value is -0.760. The standard InChI is InChI=1S/C44H89N2O6P/c1-6-8-10-12-14-15-16-17-18-19-20-21-22-23-24-25-26-27-28-29-30-31-32-34-36-38-44(48)45-42(43(47)37-35-33-13-11-9-7-2)41-52-53(49,50)51-40-39-46(3,4)5/h35,37,42-43,47H,6-34,36,38-41H2,1-5H3,(H-,45,48,49,50)/p+1/b37-35+. The van der Waals surface area contributed by atoms with E-state index in [1.165, 1.54) is 148 Å². The number of nitrogens with zero attached hydrogens (tertiary/aromatic N) is 1. The Morgan fingerprint density at radius 1 is 0.623 bits per heavy atom. The van der Waals surface area contributed by atoms with E-state index >= 15 is 0 Å². The summed E-state index contributed by atoms with van der Waals surface area (Å²) >= 11 is 0. The summed E-state index contributed by atoms with van der Waals surface area (Å²) in [6.07, 6.45) is 41.8. The lowest BCUT2D eigenvalue weighted by Gasteiger charge is -2.25. The molecule has 0 aromatic rings. The predicted octanol–water partition coefficient (Wildman–Crippen LogP) is 12.4. The quantitative estimate of drug-likeness (QED) is 0.0247. The summed E-state index contributed by atoms with van der Waals surface area (Å²) in [7, 11) is 1.58. The van der Waals surface area contributed by atoms with E-state index in [1.54, 1.807) is 6.08 Å². The number of unbranched alkanes of at least 4 members (excludes halogenated alkanes) is 28. The first kappa shape index (κ1) is 52.2. The lowest BCUT2D eigenvalue weighted by molar-refractivity contribution is -0.870. The minimum absolute atomic E-state index is 0.0636. The van der Waals surface area contributed by atoms with Gasteiger partial charge in [-0.05, 0) is 19.3 Å². The Balaban J connectivity index is 3.98. The van der Waals surface area contributed by atoms with Crippen LogP contribution in [0.2, 0.25) is 0 Å². The molecule has 316 valence electrons. The van der Waals surface area contributed by atoms with Crippen molar-refractivity contribution in [2.24, 2.45) is 0 Å². The van der Waals surface area contributed by atoms with Gasteiger partial charge in [-0.1, -0.05) is 199 Å². The van der Waals surface area contributed by atoms with Crippen LogP contribution < -0.4 is 5.32 Å². The van der Waals surface area contributed by atoms with Gasteiger partial charge >= 0.3 is 7.82 Å². The minimum atomic E-state index is -4.32. The third kappa shape index (κ3) is 39.3. The molecule has 0 rings (SSSR count). The number of hydrogen-bond donors (Lipinski definition) is 3. The second-order valence-corrected chi connectivity index (χ2v) is 18.2. The number of phosphoric acid groups is 1. The fourth-order valence-electron chi connectivity index (χ4n) is 6.63. The van der Waals surface area contributed by atoms with Gasteiger partial charge in [0.15, 0.2) is 0 Å². The van der Waals surface area contributed by atoms with E-state index in [0.717, 1.165) is 44.9 Å². The number of carbonyl (C=O) groups is 1. The zero-order valence-electron chi connectivity index (χ0n) is 35.8. The average Bonchev–Trinajstić information content (AvgIpc) is 3.10. The summed E-state index contributed by atoms with van der Waals surface area (Å²) in [6.45, 7) is 4.75. The maximum Gasteiger partial charge on any atom is 0.472 e. The highest BCUT2D eigenvalue weighted by Gasteiger charge is 2.27. The molecule has 1 amide bonds. The molecule has 0 aliphatic heterocycles. The van der Waals surface area contributed by atoms with Crippen LogP contribution in [0.5, 0.6) is 0 Å². The normalized spacial score (nSPS) is 14.5. The van der Waals surface area contributed by atoms with Crippen molar-refractivity contribution in [3.05, 3.63) is 12.2 Å². The second kappa shape index (κ2) is 36.9. The van der Waals surface area contributed by atoms with Crippen molar-refractivity contribution in [2.45, 2.75) is 225 Å². The molecular formula is C44H90N2O6P+. The summed E-state index contributed by atoms with van der Waals surface area (Å²) in [5.74, 6) is -0.179. The smallest absolute Gasteiger partial charge is 0.387 e. The maximum absolute atomic E-state index is 12.8. The molecule has 0 heterocycles. The van der Waals surface area contributed by atoms with Crippen LogP contribution in [-0.4, -0.2) is 73.4 Å². The van der Waals surface area contributed by atoms with Crippen molar-refractivity contribution in [1.29, 1.82) is 0 Å². The molecule has 9 heteroatoms. The SMILES string of the molecule is CCCCCC/C=C/C(O)C(COP(=O)(O)OCC[N+](C)(C)C)NC(=O)CCCCCCCCCCCCCCCCCCCCCCCCCCC. The summed E-state index contributed by atoms with van der Waals surface area (Å²) in [5.41, 5.74) is 0. The highest BCUT2D eigenvalue weighted by atomic mass is 31.2. The molecule has 0 radical (unpaired) electrons. The third-order valence-electron chi connectivity index (χ3n) is 10.3. The zero-order valence-corrected chi connectivity index (χ0v) is 36.7. The number of phosphoric ester groups is 1. The molecule has 0 aromatic carbocycles. The summed E-state index contributed by atoms with van der Waals surface area (Å²) in [6, 6.07) is -0.837. The zero-order chi connectivity index (χ0) is 39.3. The molecule has 0 fully saturated rings. The molecule has 0 spiro atoms. The minimum Gasteiger partial charge on any atom is -0.387 e. The van der Waals surface area contributed by atoms with Crippen LogP contribution in [0, 0.1) is 0 Å². The molecule has 53 heavy (non-hydrogen) atoms. The molecule has 0 aliphatic carbocycles. The Labute approximate surface area is 329 Å². The van der Waals surface area contributed by atoms with E-state index < -0.39 is 20.0 Å². The number of likely N-dealkylation sites (N-methyl/N-ethyl adjacent to an activating group) is 1. The van der Waals surface area contributed by atoms with Crippen LogP contribution in [0.1, 0.15) is 213 Å². The van der Waals surface area contributed by atoms with Crippen LogP contribution in [0.3, 0.4) is 0 Å². The highest BCUT2D eigenvalue weighted by Crippen LogP contribution is 2.43. The number of allylic oxidation sites excluding steroid dienone is 1. The highest BCUT2D eigenvalue weighted by molar-refractivity contribution is 7.47. The van der Waals surface area contributed by atoms with E-state index in [2.05, 4.69) is 19.2 Å². The van der Waals surface area contributed by atoms with Gasteiger partial charge in [-0.25, -0.2) is 4.57 Å². The largest absolute Gasteiger partial charge is 0.472 e. The molecule has 0 aromatic heterocycles. The monoisotopic (exact) mass is 774 g/mol. The first-order valence-corrected chi connectivity index (χ1v) is 24.1. The van der Waals surface area contributed by atoms with E-state index in [1.807, 2.05) is 27.2 Å². The van der Waals surface area contributed by atoms with Crippen molar-refractivity contribution in [2.75, 3.05) is 40.9 Å². The molecule has 3 atom stereocenters. The number of aliphatic hydroxyl groups is 1. The Bertz CT molecular complexity index is 880. The van der Waals surface area contributed by atoms with Gasteiger partial charge < -0.3 is 19.8 Å². The molecular weight excluding hydrogens is 683 g/mol. The first-order chi connectivity index (χ1) is 25.5. The van der Waals surface area contributed by atoms with Crippen LogP contribution in [0.25, 0.3) is 0 Å². The Morgan fingerprint density at radius 3 is 1.40 bits per heavy atom. The number of rotatable bonds is 41. The van der Waals surface area contributed by atoms with Crippen molar-refractivity contribution < 1.29 is 32.9 Å². The summed E-state index contributed by atoms with van der Waals surface area (Å²) in [5, 5.41) is 13.7. The molecule has 0 aliphatic rings. The van der Waals surface area contributed by atoms with Gasteiger partial charge in [0, 0.05) is 6.42 Å². The topological polar surface area (TPSA) is 105 Å². The van der Waals surface area contributed by atoms with Crippen LogP contribution in [-0.2, 0) is 18.4 Å². The van der Waals surface area contributed by atoms with E-state index in [-0.39, 0.29) is 19.1 Å². The molecule has 0 saturated heterocycles. The summed E-state index contributed by atoms with van der Waals surface area (Å²) in [4.78, 5) is 22.9. The molecule has 0 bridgehead atoms. The van der Waals surface area contributed by atoms with E-state index in [9.17, 15) is 19.4 Å². The van der Waals surface area contributed by atoms with Gasteiger partial charge in [0.25, 0.3) is 0 Å². The van der Waals surface area contributed by atoms with Crippen LogP contribution >= 0.6 is 7.82 Å². The van der Waals surface area contributed by atoms with Crippen molar-refractivity contribution >= 4 is 13.7 Å². The molecule has 8 nitrogen and oxygen atoms in total.